The molecule has 0 bridgehead atoms. The minimum absolute atomic E-state index is 0.771. The molecule has 0 aliphatic carbocycles. The van der Waals surface area contributed by atoms with Crippen molar-refractivity contribution in [3.05, 3.63) is 78.4 Å². The van der Waals surface area contributed by atoms with Gasteiger partial charge in [-0.05, 0) is 30.3 Å². The highest BCUT2D eigenvalue weighted by Gasteiger charge is 2.00. The van der Waals surface area contributed by atoms with E-state index in [0.717, 1.165) is 36.6 Å². The summed E-state index contributed by atoms with van der Waals surface area (Å²) in [6.45, 7) is 1.67. The van der Waals surface area contributed by atoms with Gasteiger partial charge in [-0.2, -0.15) is 5.10 Å². The lowest BCUT2D eigenvalue weighted by atomic mass is 10.3. The van der Waals surface area contributed by atoms with Gasteiger partial charge in [-0.3, -0.25) is 4.98 Å². The third-order valence-electron chi connectivity index (χ3n) is 3.26. The summed E-state index contributed by atoms with van der Waals surface area (Å²) in [6, 6.07) is 18.2. The van der Waals surface area contributed by atoms with Crippen LogP contribution in [0.15, 0.2) is 67.0 Å². The van der Waals surface area contributed by atoms with Gasteiger partial charge in [0.15, 0.2) is 0 Å². The zero-order valence-electron chi connectivity index (χ0n) is 11.8. The Labute approximate surface area is 124 Å². The first kappa shape index (κ1) is 13.5. The maximum absolute atomic E-state index is 4.56. The molecule has 0 spiro atoms. The van der Waals surface area contributed by atoms with E-state index in [1.807, 2.05) is 71.7 Å². The van der Waals surface area contributed by atoms with Gasteiger partial charge < -0.3 is 5.32 Å². The maximum atomic E-state index is 4.56. The zero-order valence-corrected chi connectivity index (χ0v) is 11.8. The lowest BCUT2D eigenvalue weighted by molar-refractivity contribution is 0.660. The SMILES string of the molecule is c1ccc(-n2ccc(CNCCc3ccccn3)n2)cc1. The molecule has 3 rings (SSSR count). The molecule has 0 aliphatic rings. The van der Waals surface area contributed by atoms with E-state index in [1.54, 1.807) is 0 Å². The molecule has 106 valence electrons. The maximum Gasteiger partial charge on any atom is 0.0766 e. The topological polar surface area (TPSA) is 42.7 Å². The van der Waals surface area contributed by atoms with E-state index in [1.165, 1.54) is 0 Å². The van der Waals surface area contributed by atoms with E-state index >= 15 is 0 Å². The predicted molar refractivity (Wildman–Crippen MR) is 83.2 cm³/mol. The van der Waals surface area contributed by atoms with Gasteiger partial charge in [0.1, 0.15) is 0 Å². The number of aromatic nitrogens is 3. The number of para-hydroxylation sites is 1. The number of benzene rings is 1. The van der Waals surface area contributed by atoms with Gasteiger partial charge in [0.2, 0.25) is 0 Å². The third kappa shape index (κ3) is 3.77. The lowest BCUT2D eigenvalue weighted by Gasteiger charge is -2.03. The first-order chi connectivity index (χ1) is 10.4. The van der Waals surface area contributed by atoms with Crippen molar-refractivity contribution in [2.24, 2.45) is 0 Å². The van der Waals surface area contributed by atoms with Gasteiger partial charge in [-0.15, -0.1) is 0 Å². The van der Waals surface area contributed by atoms with E-state index in [0.29, 0.717) is 0 Å². The molecule has 0 radical (unpaired) electrons. The highest BCUT2D eigenvalue weighted by atomic mass is 15.3. The summed E-state index contributed by atoms with van der Waals surface area (Å²) in [7, 11) is 0. The fraction of sp³-hybridized carbons (Fsp3) is 0.176. The van der Waals surface area contributed by atoms with Gasteiger partial charge in [0.25, 0.3) is 0 Å². The summed E-state index contributed by atoms with van der Waals surface area (Å²) in [5.74, 6) is 0. The number of nitrogens with one attached hydrogen (secondary N) is 1. The van der Waals surface area contributed by atoms with Crippen molar-refractivity contribution in [1.82, 2.24) is 20.1 Å². The van der Waals surface area contributed by atoms with Crippen LogP contribution in [0.3, 0.4) is 0 Å². The standard InChI is InChI=1S/C17H18N4/c1-2-7-17(8-3-1)21-13-10-16(20-21)14-18-12-9-15-6-4-5-11-19-15/h1-8,10-11,13,18H,9,12,14H2. The molecule has 3 aromatic rings. The first-order valence-corrected chi connectivity index (χ1v) is 7.12. The Hall–Kier alpha value is -2.46. The van der Waals surface area contributed by atoms with Crippen LogP contribution in [-0.2, 0) is 13.0 Å². The monoisotopic (exact) mass is 278 g/mol. The number of hydrogen-bond acceptors (Lipinski definition) is 3. The van der Waals surface area contributed by atoms with Crippen molar-refractivity contribution in [2.75, 3.05) is 6.54 Å². The molecular formula is C17H18N4. The highest BCUT2D eigenvalue weighted by molar-refractivity contribution is 5.30. The van der Waals surface area contributed by atoms with E-state index in [2.05, 4.69) is 15.4 Å². The second-order valence-electron chi connectivity index (χ2n) is 4.84. The summed E-state index contributed by atoms with van der Waals surface area (Å²) < 4.78 is 1.90. The molecule has 1 aromatic carbocycles. The molecular weight excluding hydrogens is 260 g/mol. The normalized spacial score (nSPS) is 10.7. The molecule has 21 heavy (non-hydrogen) atoms. The van der Waals surface area contributed by atoms with Crippen molar-refractivity contribution < 1.29 is 0 Å². The van der Waals surface area contributed by atoms with Crippen LogP contribution in [0.1, 0.15) is 11.4 Å². The molecule has 2 heterocycles. The smallest absolute Gasteiger partial charge is 0.0766 e. The van der Waals surface area contributed by atoms with Gasteiger partial charge in [-0.25, -0.2) is 4.68 Å². The van der Waals surface area contributed by atoms with Crippen molar-refractivity contribution in [3.63, 3.8) is 0 Å². The van der Waals surface area contributed by atoms with Crippen LogP contribution in [0.25, 0.3) is 5.69 Å². The van der Waals surface area contributed by atoms with Crippen LogP contribution in [0.2, 0.25) is 0 Å². The predicted octanol–water partition coefficient (Wildman–Crippen LogP) is 2.60. The average molecular weight is 278 g/mol. The Morgan fingerprint density at radius 2 is 1.76 bits per heavy atom. The number of hydrogen-bond donors (Lipinski definition) is 1. The molecule has 0 saturated heterocycles. The fourth-order valence-electron chi connectivity index (χ4n) is 2.16. The molecule has 0 atom stereocenters. The molecule has 2 aromatic heterocycles. The Morgan fingerprint density at radius 3 is 2.57 bits per heavy atom. The van der Waals surface area contributed by atoms with E-state index < -0.39 is 0 Å². The van der Waals surface area contributed by atoms with Crippen LogP contribution in [-0.4, -0.2) is 21.3 Å². The summed E-state index contributed by atoms with van der Waals surface area (Å²) >= 11 is 0. The van der Waals surface area contributed by atoms with E-state index in [9.17, 15) is 0 Å². The largest absolute Gasteiger partial charge is 0.311 e. The van der Waals surface area contributed by atoms with Gasteiger partial charge >= 0.3 is 0 Å². The summed E-state index contributed by atoms with van der Waals surface area (Å²) in [5.41, 5.74) is 3.23. The quantitative estimate of drug-likeness (QED) is 0.705. The van der Waals surface area contributed by atoms with Crippen molar-refractivity contribution in [1.29, 1.82) is 0 Å². The van der Waals surface area contributed by atoms with Crippen LogP contribution < -0.4 is 5.32 Å². The Morgan fingerprint density at radius 1 is 0.905 bits per heavy atom. The molecule has 0 fully saturated rings. The van der Waals surface area contributed by atoms with Gasteiger partial charge in [0, 0.05) is 37.6 Å². The first-order valence-electron chi connectivity index (χ1n) is 7.12. The fourth-order valence-corrected chi connectivity index (χ4v) is 2.16. The van der Waals surface area contributed by atoms with Crippen molar-refractivity contribution in [3.8, 4) is 5.69 Å². The van der Waals surface area contributed by atoms with Gasteiger partial charge in [0.05, 0.1) is 11.4 Å². The van der Waals surface area contributed by atoms with Crippen LogP contribution >= 0.6 is 0 Å². The molecule has 0 saturated carbocycles. The van der Waals surface area contributed by atoms with Crippen molar-refractivity contribution in [2.45, 2.75) is 13.0 Å². The Bertz CT molecular complexity index is 662. The zero-order chi connectivity index (χ0) is 14.3. The van der Waals surface area contributed by atoms with Crippen LogP contribution in [0.5, 0.6) is 0 Å². The van der Waals surface area contributed by atoms with E-state index in [4.69, 9.17) is 0 Å². The molecule has 4 heteroatoms. The number of nitrogens with zero attached hydrogens (tertiary/aromatic N) is 3. The average Bonchev–Trinajstić information content (AvgIpc) is 3.02. The molecule has 0 unspecified atom stereocenters. The van der Waals surface area contributed by atoms with Crippen LogP contribution in [0.4, 0.5) is 0 Å². The molecule has 0 aliphatic heterocycles. The molecule has 4 nitrogen and oxygen atoms in total. The molecule has 0 amide bonds. The Kier molecular flexibility index (Phi) is 4.39. The summed E-state index contributed by atoms with van der Waals surface area (Å²) in [5, 5.41) is 7.96. The number of pyridine rings is 1. The third-order valence-corrected chi connectivity index (χ3v) is 3.26. The minimum Gasteiger partial charge on any atom is -0.311 e. The number of rotatable bonds is 6. The Balaban J connectivity index is 1.49. The van der Waals surface area contributed by atoms with Gasteiger partial charge in [-0.1, -0.05) is 24.3 Å². The lowest BCUT2D eigenvalue weighted by Crippen LogP contribution is -2.17. The minimum atomic E-state index is 0.771. The van der Waals surface area contributed by atoms with E-state index in [-0.39, 0.29) is 0 Å². The summed E-state index contributed by atoms with van der Waals surface area (Å²) in [4.78, 5) is 4.31. The highest BCUT2D eigenvalue weighted by Crippen LogP contribution is 2.06. The molecule has 1 N–H and O–H groups in total. The van der Waals surface area contributed by atoms with Crippen LogP contribution in [0, 0.1) is 0 Å². The second-order valence-corrected chi connectivity index (χ2v) is 4.84. The summed E-state index contributed by atoms with van der Waals surface area (Å²) in [6.07, 6.45) is 4.75. The van der Waals surface area contributed by atoms with Crippen molar-refractivity contribution >= 4 is 0 Å². The second kappa shape index (κ2) is 6.81.